The molecule has 2 aromatic rings. The first kappa shape index (κ1) is 21.0. The van der Waals surface area contributed by atoms with Crippen LogP contribution in [0.25, 0.3) is 0 Å². The number of ether oxygens (including phenoxy) is 1. The molecule has 2 fully saturated rings. The Morgan fingerprint density at radius 3 is 2.67 bits per heavy atom. The second-order valence-corrected chi connectivity index (χ2v) is 9.41. The smallest absolute Gasteiger partial charge is 0.255 e. The van der Waals surface area contributed by atoms with Crippen molar-refractivity contribution in [2.75, 3.05) is 19.7 Å². The predicted octanol–water partition coefficient (Wildman–Crippen LogP) is 5.19. The monoisotopic (exact) mass is 410 g/mol. The number of amides is 1. The highest BCUT2D eigenvalue weighted by Gasteiger charge is 2.46. The van der Waals surface area contributed by atoms with Gasteiger partial charge in [-0.15, -0.1) is 0 Å². The van der Waals surface area contributed by atoms with Gasteiger partial charge in [0.1, 0.15) is 5.82 Å². The fourth-order valence-corrected chi connectivity index (χ4v) is 5.08. The van der Waals surface area contributed by atoms with Crippen LogP contribution in [0.5, 0.6) is 0 Å². The summed E-state index contributed by atoms with van der Waals surface area (Å²) < 4.78 is 19.8. The van der Waals surface area contributed by atoms with Gasteiger partial charge in [0.2, 0.25) is 0 Å². The first-order valence-electron chi connectivity index (χ1n) is 11.0. The Labute approximate surface area is 178 Å². The number of benzene rings is 1. The Kier molecular flexibility index (Phi) is 5.92. The quantitative estimate of drug-likeness (QED) is 0.700. The van der Waals surface area contributed by atoms with Crippen LogP contribution < -0.4 is 0 Å². The maximum Gasteiger partial charge on any atom is 0.255 e. The molecule has 3 heterocycles. The van der Waals surface area contributed by atoms with Crippen LogP contribution in [-0.2, 0) is 4.74 Å². The van der Waals surface area contributed by atoms with E-state index >= 15 is 0 Å². The summed E-state index contributed by atoms with van der Waals surface area (Å²) >= 11 is 0. The van der Waals surface area contributed by atoms with E-state index in [4.69, 9.17) is 4.74 Å². The summed E-state index contributed by atoms with van der Waals surface area (Å²) in [6.07, 6.45) is 4.73. The molecule has 3 atom stereocenters. The van der Waals surface area contributed by atoms with E-state index in [1.807, 2.05) is 36.1 Å². The largest absolute Gasteiger partial charge is 0.373 e. The maximum absolute atomic E-state index is 13.4. The van der Waals surface area contributed by atoms with Gasteiger partial charge in [-0.25, -0.2) is 4.39 Å². The third kappa shape index (κ3) is 4.27. The number of nitrogens with zero attached hydrogens (tertiary/aromatic N) is 2. The van der Waals surface area contributed by atoms with E-state index < -0.39 is 0 Å². The molecule has 0 aliphatic carbocycles. The van der Waals surface area contributed by atoms with Crippen LogP contribution in [0.15, 0.2) is 42.6 Å². The minimum Gasteiger partial charge on any atom is -0.373 e. The van der Waals surface area contributed by atoms with Crippen LogP contribution in [0.1, 0.15) is 60.8 Å². The average Bonchev–Trinajstić information content (AvgIpc) is 2.74. The molecule has 0 N–H and O–H groups in total. The molecule has 0 unspecified atom stereocenters. The number of carbonyl (C=O) groups excluding carboxylic acids is 1. The highest BCUT2D eigenvalue weighted by Crippen LogP contribution is 2.49. The van der Waals surface area contributed by atoms with Crippen LogP contribution in [0.2, 0.25) is 0 Å². The van der Waals surface area contributed by atoms with Gasteiger partial charge in [0.05, 0.1) is 18.3 Å². The van der Waals surface area contributed by atoms with Crippen LogP contribution in [-0.4, -0.2) is 35.5 Å². The van der Waals surface area contributed by atoms with Crippen molar-refractivity contribution in [3.63, 3.8) is 0 Å². The molecule has 2 aliphatic rings. The fourth-order valence-electron chi connectivity index (χ4n) is 5.08. The number of aryl methyl sites for hydroxylation is 1. The van der Waals surface area contributed by atoms with Gasteiger partial charge < -0.3 is 9.64 Å². The van der Waals surface area contributed by atoms with Crippen LogP contribution in [0.4, 0.5) is 4.39 Å². The van der Waals surface area contributed by atoms with Gasteiger partial charge in [0, 0.05) is 30.4 Å². The summed E-state index contributed by atoms with van der Waals surface area (Å²) in [5.74, 6) is 0.604. The molecule has 4 nitrogen and oxygen atoms in total. The lowest BCUT2D eigenvalue weighted by atomic mass is 9.67. The molecule has 0 bridgehead atoms. The average molecular weight is 411 g/mol. The van der Waals surface area contributed by atoms with E-state index in [9.17, 15) is 9.18 Å². The molecule has 0 saturated carbocycles. The standard InChI is InChI=1S/C25H31FN2O2/c1-17(2)22-13-25(16-30-23(22)19-7-9-21(26)10-8-19)11-4-12-28(15-25)24(29)20-6-5-18(3)27-14-20/h5-10,14,17,22-23H,4,11-13,15-16H2,1-3H3/t22-,23-,25+/m0/s1. The minimum atomic E-state index is -0.223. The number of aromatic nitrogens is 1. The van der Waals surface area contributed by atoms with Gasteiger partial charge in [0.15, 0.2) is 0 Å². The summed E-state index contributed by atoms with van der Waals surface area (Å²) in [6, 6.07) is 10.5. The molecule has 1 spiro atoms. The lowest BCUT2D eigenvalue weighted by molar-refractivity contribution is -0.130. The van der Waals surface area contributed by atoms with E-state index in [0.29, 0.717) is 24.0 Å². The van der Waals surface area contributed by atoms with Crippen molar-refractivity contribution in [1.29, 1.82) is 0 Å². The third-order valence-electron chi connectivity index (χ3n) is 6.79. The van der Waals surface area contributed by atoms with Gasteiger partial charge in [-0.1, -0.05) is 26.0 Å². The second-order valence-electron chi connectivity index (χ2n) is 9.41. The number of hydrogen-bond acceptors (Lipinski definition) is 3. The molecular formula is C25H31FN2O2. The van der Waals surface area contributed by atoms with Gasteiger partial charge in [0.25, 0.3) is 5.91 Å². The summed E-state index contributed by atoms with van der Waals surface area (Å²) in [4.78, 5) is 19.3. The number of rotatable bonds is 3. The molecule has 1 amide bonds. The fraction of sp³-hybridized carbons (Fsp3) is 0.520. The Hall–Kier alpha value is -2.27. The first-order chi connectivity index (χ1) is 14.4. The Morgan fingerprint density at radius 2 is 2.00 bits per heavy atom. The van der Waals surface area contributed by atoms with Gasteiger partial charge in [-0.2, -0.15) is 0 Å². The zero-order valence-corrected chi connectivity index (χ0v) is 18.1. The van der Waals surface area contributed by atoms with E-state index in [2.05, 4.69) is 18.8 Å². The van der Waals surface area contributed by atoms with E-state index in [1.165, 1.54) is 12.1 Å². The highest BCUT2D eigenvalue weighted by molar-refractivity contribution is 5.94. The molecule has 30 heavy (non-hydrogen) atoms. The van der Waals surface area contributed by atoms with Crippen LogP contribution >= 0.6 is 0 Å². The molecule has 4 rings (SSSR count). The molecule has 0 radical (unpaired) electrons. The summed E-state index contributed by atoms with van der Waals surface area (Å²) in [6.45, 7) is 8.52. The molecule has 2 aliphatic heterocycles. The molecule has 1 aromatic carbocycles. The van der Waals surface area contributed by atoms with Crippen molar-refractivity contribution in [2.24, 2.45) is 17.3 Å². The topological polar surface area (TPSA) is 42.4 Å². The lowest BCUT2D eigenvalue weighted by Gasteiger charge is -2.50. The predicted molar refractivity (Wildman–Crippen MR) is 115 cm³/mol. The first-order valence-corrected chi connectivity index (χ1v) is 11.0. The molecule has 160 valence electrons. The van der Waals surface area contributed by atoms with Crippen molar-refractivity contribution < 1.29 is 13.9 Å². The van der Waals surface area contributed by atoms with Gasteiger partial charge in [-0.3, -0.25) is 9.78 Å². The molecule has 2 saturated heterocycles. The minimum absolute atomic E-state index is 0.0164. The SMILES string of the molecule is Cc1ccc(C(=O)N2CCC[C@]3(CO[C@@H](c4ccc(F)cc4)[C@H](C(C)C)C3)C2)cn1. The molecular weight excluding hydrogens is 379 g/mol. The number of hydrogen-bond donors (Lipinski definition) is 0. The summed E-state index contributed by atoms with van der Waals surface area (Å²) in [7, 11) is 0. The Bertz CT molecular complexity index is 881. The number of halogens is 1. The normalized spacial score (nSPS) is 26.9. The van der Waals surface area contributed by atoms with Gasteiger partial charge in [-0.05, 0) is 67.9 Å². The molecule has 5 heteroatoms. The van der Waals surface area contributed by atoms with E-state index in [-0.39, 0.29) is 23.2 Å². The van der Waals surface area contributed by atoms with Crippen molar-refractivity contribution in [2.45, 2.75) is 46.1 Å². The third-order valence-corrected chi connectivity index (χ3v) is 6.79. The number of piperidine rings is 1. The Morgan fingerprint density at radius 1 is 1.23 bits per heavy atom. The number of pyridine rings is 1. The second kappa shape index (κ2) is 8.46. The zero-order chi connectivity index (χ0) is 21.3. The summed E-state index contributed by atoms with van der Waals surface area (Å²) in [5.41, 5.74) is 2.59. The van der Waals surface area contributed by atoms with Crippen molar-refractivity contribution >= 4 is 5.91 Å². The maximum atomic E-state index is 13.4. The van der Waals surface area contributed by atoms with Crippen molar-refractivity contribution in [1.82, 2.24) is 9.88 Å². The Balaban J connectivity index is 1.52. The van der Waals surface area contributed by atoms with Crippen LogP contribution in [0.3, 0.4) is 0 Å². The molecule has 1 aromatic heterocycles. The van der Waals surface area contributed by atoms with Crippen LogP contribution in [0, 0.1) is 30.0 Å². The highest BCUT2D eigenvalue weighted by atomic mass is 19.1. The number of carbonyl (C=O) groups is 1. The van der Waals surface area contributed by atoms with Crippen molar-refractivity contribution in [3.8, 4) is 0 Å². The van der Waals surface area contributed by atoms with Gasteiger partial charge >= 0.3 is 0 Å². The van der Waals surface area contributed by atoms with E-state index in [0.717, 1.165) is 43.6 Å². The summed E-state index contributed by atoms with van der Waals surface area (Å²) in [5, 5.41) is 0. The lowest BCUT2D eigenvalue weighted by Crippen LogP contribution is -2.52. The van der Waals surface area contributed by atoms with Crippen molar-refractivity contribution in [3.05, 3.63) is 65.2 Å². The van der Waals surface area contributed by atoms with E-state index in [1.54, 1.807) is 6.20 Å². The number of likely N-dealkylation sites (tertiary alicyclic amines) is 1. The zero-order valence-electron chi connectivity index (χ0n) is 18.1.